The Hall–Kier alpha value is -3.97. The monoisotopic (exact) mass is 516 g/mol. The third-order valence-corrected chi connectivity index (χ3v) is 6.28. The van der Waals surface area contributed by atoms with Crippen LogP contribution in [0.3, 0.4) is 0 Å². The van der Waals surface area contributed by atoms with Crippen molar-refractivity contribution in [2.45, 2.75) is 45.7 Å². The molecular weight excluding hydrogens is 480 g/mol. The molecule has 3 rings (SSSR count). The average molecular weight is 517 g/mol. The summed E-state index contributed by atoms with van der Waals surface area (Å²) in [6.07, 6.45) is 0.954. The minimum Gasteiger partial charge on any atom is -0.492 e. The number of nitrogens with one attached hydrogen (secondary N) is 2. The molecule has 0 bridgehead atoms. The molecule has 7 heteroatoms. The normalized spacial score (nSPS) is 12.5. The number of ketones is 2. The third-order valence-electron chi connectivity index (χ3n) is 6.28. The van der Waals surface area contributed by atoms with Gasteiger partial charge in [0.1, 0.15) is 18.4 Å². The van der Waals surface area contributed by atoms with Gasteiger partial charge in [-0.3, -0.25) is 9.59 Å². The zero-order chi connectivity index (χ0) is 27.5. The number of Topliss-reactive ketones (excluding diaryl/α,β-unsaturated/α-hetero) is 1. The molecule has 0 heterocycles. The number of carbonyl (C=O) groups is 3. The first-order valence-corrected chi connectivity index (χ1v) is 13.0. The summed E-state index contributed by atoms with van der Waals surface area (Å²) in [6.45, 7) is 6.74. The molecule has 7 nitrogen and oxygen atoms in total. The Morgan fingerprint density at radius 1 is 0.868 bits per heavy atom. The van der Waals surface area contributed by atoms with E-state index in [0.29, 0.717) is 35.7 Å². The van der Waals surface area contributed by atoms with Gasteiger partial charge in [0.15, 0.2) is 11.6 Å². The van der Waals surface area contributed by atoms with Crippen molar-refractivity contribution >= 4 is 23.2 Å². The highest BCUT2D eigenvalue weighted by Gasteiger charge is 2.22. The molecule has 0 aliphatic heterocycles. The number of anilines is 1. The number of carboxylic acids is 1. The van der Waals surface area contributed by atoms with E-state index in [2.05, 4.69) is 10.6 Å². The minimum atomic E-state index is -1.01. The van der Waals surface area contributed by atoms with Gasteiger partial charge in [-0.15, -0.1) is 0 Å². The van der Waals surface area contributed by atoms with Crippen molar-refractivity contribution in [2.75, 3.05) is 18.5 Å². The summed E-state index contributed by atoms with van der Waals surface area (Å²) in [7, 11) is 0. The number of ether oxygens (including phenoxy) is 1. The molecule has 0 radical (unpaired) electrons. The number of rotatable bonds is 15. The van der Waals surface area contributed by atoms with E-state index in [0.717, 1.165) is 12.0 Å². The van der Waals surface area contributed by atoms with Crippen molar-refractivity contribution in [3.05, 3.63) is 95.6 Å². The average Bonchev–Trinajstić information content (AvgIpc) is 2.93. The molecule has 3 aromatic carbocycles. The van der Waals surface area contributed by atoms with Crippen molar-refractivity contribution in [2.24, 2.45) is 5.92 Å². The number of para-hydroxylation sites is 1. The van der Waals surface area contributed by atoms with Gasteiger partial charge in [0, 0.05) is 35.7 Å². The second-order valence-electron chi connectivity index (χ2n) is 9.44. The van der Waals surface area contributed by atoms with Crippen LogP contribution in [0.2, 0.25) is 0 Å². The van der Waals surface area contributed by atoms with Crippen LogP contribution < -0.4 is 15.4 Å². The lowest BCUT2D eigenvalue weighted by Crippen LogP contribution is -2.40. The quantitative estimate of drug-likeness (QED) is 0.193. The lowest BCUT2D eigenvalue weighted by Gasteiger charge is -2.19. The highest BCUT2D eigenvalue weighted by atomic mass is 16.5. The van der Waals surface area contributed by atoms with Crippen LogP contribution in [-0.4, -0.2) is 47.9 Å². The smallest absolute Gasteiger partial charge is 0.326 e. The summed E-state index contributed by atoms with van der Waals surface area (Å²) in [5, 5.41) is 16.2. The van der Waals surface area contributed by atoms with E-state index < -0.39 is 12.0 Å². The second-order valence-corrected chi connectivity index (χ2v) is 9.44. The maximum atomic E-state index is 13.0. The fraction of sp³-hybridized carbons (Fsp3) is 0.323. The molecule has 0 amide bonds. The summed E-state index contributed by atoms with van der Waals surface area (Å²) < 4.78 is 5.79. The van der Waals surface area contributed by atoms with E-state index >= 15 is 0 Å². The van der Waals surface area contributed by atoms with Gasteiger partial charge in [0.05, 0.1) is 6.04 Å². The van der Waals surface area contributed by atoms with Gasteiger partial charge < -0.3 is 20.5 Å². The lowest BCUT2D eigenvalue weighted by atomic mass is 10.00. The number of hydrogen-bond donors (Lipinski definition) is 3. The standard InChI is InChI=1S/C31H36N2O5/c1-4-26(29(34)21(2)3)32-18-19-38-24-16-14-22(15-17-24)20-28(31(36)37)33-27-13-9-8-12-25(27)30(35)23-10-6-5-7-11-23/h5-17,21,26,28,32-33H,4,18-20H2,1-3H3,(H,36,37). The van der Waals surface area contributed by atoms with Gasteiger partial charge in [-0.25, -0.2) is 4.79 Å². The molecule has 3 aromatic rings. The summed E-state index contributed by atoms with van der Waals surface area (Å²) in [5.74, 6) is -0.335. The molecular formula is C31H36N2O5. The van der Waals surface area contributed by atoms with Crippen LogP contribution in [0.25, 0.3) is 0 Å². The topological polar surface area (TPSA) is 105 Å². The van der Waals surface area contributed by atoms with Gasteiger partial charge in [0.2, 0.25) is 0 Å². The van der Waals surface area contributed by atoms with Gasteiger partial charge in [-0.05, 0) is 36.2 Å². The van der Waals surface area contributed by atoms with Crippen molar-refractivity contribution in [1.82, 2.24) is 5.32 Å². The van der Waals surface area contributed by atoms with Crippen LogP contribution in [0, 0.1) is 5.92 Å². The second kappa shape index (κ2) is 14.1. The first-order valence-electron chi connectivity index (χ1n) is 13.0. The molecule has 0 aliphatic rings. The van der Waals surface area contributed by atoms with E-state index in [1.807, 2.05) is 39.0 Å². The van der Waals surface area contributed by atoms with E-state index in [-0.39, 0.29) is 29.9 Å². The largest absolute Gasteiger partial charge is 0.492 e. The fourth-order valence-corrected chi connectivity index (χ4v) is 4.15. The highest BCUT2D eigenvalue weighted by Crippen LogP contribution is 2.22. The molecule has 0 saturated heterocycles. The van der Waals surface area contributed by atoms with Crippen LogP contribution in [0.1, 0.15) is 48.7 Å². The molecule has 0 aromatic heterocycles. The van der Waals surface area contributed by atoms with Crippen LogP contribution in [0.15, 0.2) is 78.9 Å². The third kappa shape index (κ3) is 8.02. The fourth-order valence-electron chi connectivity index (χ4n) is 4.15. The Kier molecular flexibility index (Phi) is 10.6. The maximum Gasteiger partial charge on any atom is 0.326 e. The Bertz CT molecular complexity index is 1210. The number of aliphatic carboxylic acids is 1. The molecule has 2 unspecified atom stereocenters. The summed E-state index contributed by atoms with van der Waals surface area (Å²) in [4.78, 5) is 37.3. The van der Waals surface area contributed by atoms with Crippen LogP contribution >= 0.6 is 0 Å². The summed E-state index contributed by atoms with van der Waals surface area (Å²) >= 11 is 0. The van der Waals surface area contributed by atoms with Gasteiger partial charge in [0.25, 0.3) is 0 Å². The van der Waals surface area contributed by atoms with Crippen molar-refractivity contribution < 1.29 is 24.2 Å². The van der Waals surface area contributed by atoms with E-state index in [1.54, 1.807) is 60.7 Å². The highest BCUT2D eigenvalue weighted by molar-refractivity contribution is 6.12. The van der Waals surface area contributed by atoms with Crippen molar-refractivity contribution in [3.8, 4) is 5.75 Å². The van der Waals surface area contributed by atoms with Crippen LogP contribution in [0.4, 0.5) is 5.69 Å². The maximum absolute atomic E-state index is 13.0. The molecule has 0 spiro atoms. The minimum absolute atomic E-state index is 0.0112. The molecule has 38 heavy (non-hydrogen) atoms. The first kappa shape index (κ1) is 28.6. The zero-order valence-electron chi connectivity index (χ0n) is 22.1. The Morgan fingerprint density at radius 2 is 1.53 bits per heavy atom. The number of hydrogen-bond acceptors (Lipinski definition) is 6. The predicted octanol–water partition coefficient (Wildman–Crippen LogP) is 5.00. The molecule has 200 valence electrons. The van der Waals surface area contributed by atoms with Crippen molar-refractivity contribution in [1.29, 1.82) is 0 Å². The molecule has 2 atom stereocenters. The van der Waals surface area contributed by atoms with E-state index in [1.165, 1.54) is 0 Å². The van der Waals surface area contributed by atoms with Gasteiger partial charge in [-0.2, -0.15) is 0 Å². The van der Waals surface area contributed by atoms with Crippen molar-refractivity contribution in [3.63, 3.8) is 0 Å². The number of benzene rings is 3. The van der Waals surface area contributed by atoms with Crippen LogP contribution in [0.5, 0.6) is 5.75 Å². The molecule has 0 fully saturated rings. The first-order chi connectivity index (χ1) is 18.3. The number of carbonyl (C=O) groups excluding carboxylic acids is 2. The molecule has 0 saturated carbocycles. The summed E-state index contributed by atoms with van der Waals surface area (Å²) in [5.41, 5.74) is 2.25. The van der Waals surface area contributed by atoms with Crippen LogP contribution in [-0.2, 0) is 16.0 Å². The summed E-state index contributed by atoms with van der Waals surface area (Å²) in [6, 6.07) is 22.0. The van der Waals surface area contributed by atoms with E-state index in [9.17, 15) is 19.5 Å². The number of carboxylic acid groups (broad SMARTS) is 1. The zero-order valence-corrected chi connectivity index (χ0v) is 22.1. The Labute approximate surface area is 224 Å². The SMILES string of the molecule is CCC(NCCOc1ccc(CC(Nc2ccccc2C(=O)c2ccccc2)C(=O)O)cc1)C(=O)C(C)C. The lowest BCUT2D eigenvalue weighted by molar-refractivity contribution is -0.137. The van der Waals surface area contributed by atoms with Gasteiger partial charge >= 0.3 is 5.97 Å². The van der Waals surface area contributed by atoms with E-state index in [4.69, 9.17) is 4.74 Å². The molecule has 3 N–H and O–H groups in total. The Balaban J connectivity index is 1.59. The predicted molar refractivity (Wildman–Crippen MR) is 149 cm³/mol. The molecule has 0 aliphatic carbocycles. The van der Waals surface area contributed by atoms with Gasteiger partial charge in [-0.1, -0.05) is 75.4 Å². The Morgan fingerprint density at radius 3 is 2.16 bits per heavy atom.